The number of hydrogen-bond donors (Lipinski definition) is 0. The second-order valence-electron chi connectivity index (χ2n) is 37.7. The van der Waals surface area contributed by atoms with Gasteiger partial charge in [-0.1, -0.05) is 246 Å². The van der Waals surface area contributed by atoms with Gasteiger partial charge in [-0.3, -0.25) is 0 Å². The van der Waals surface area contributed by atoms with Crippen LogP contribution in [-0.4, -0.2) is 76.0 Å². The fraction of sp³-hybridized carbons (Fsp3) is 0.462. The normalized spacial score (nSPS) is 11.9. The Hall–Kier alpha value is -10.5. The second-order valence-corrected chi connectivity index (χ2v) is 37.7. The number of hydrogen-bond acceptors (Lipinski definition) is 8. The Bertz CT molecular complexity index is 4760. The molecule has 0 aromatic carbocycles. The average molecular weight is 1620 g/mol. The zero-order valence-electron chi connectivity index (χ0n) is 78.9. The highest BCUT2D eigenvalue weighted by atomic mass is 15.3. The van der Waals surface area contributed by atoms with Gasteiger partial charge in [0.2, 0.25) is 0 Å². The highest BCUT2D eigenvalue weighted by molar-refractivity contribution is 5.56. The standard InChI is InChI=1S/2C14H19N.4C13H18N2.2C12H17N3/c1-10(2)12-5-6-14-7-13(11(3)4)9-15(14)8-12;1-10(2)12-5-6-15-9-13(11(3)4)8-14(15)7-12;1-9(2)11-5-6-12-7-13(10(3)4)14-15(12)8-11;1-9(2)11-5-6-15-8-12(10(3)4)14-13(15)7-11;1-9(2)11-5-6-13-14-12(10(3)4)8-15(13)7-11;1-9(2)11-5-6-15-12(7-11)8-13(14-15)10(3)4;1-8(2)10-5-6-15-11(7-10)13-12(14-15)9(3)4;1-8(2)10-5-6-11-13-12(9(3)4)14-15(11)7-10/h2*5-11H,1-4H3;4*5-10H,1-4H3;2*5-9H,1-4H3. The molecule has 0 aliphatic rings. The first-order valence-electron chi connectivity index (χ1n) is 44.5. The molecule has 0 aliphatic heterocycles. The van der Waals surface area contributed by atoms with Crippen molar-refractivity contribution >= 4 is 44.7 Å². The van der Waals surface area contributed by atoms with E-state index >= 15 is 0 Å². The molecule has 0 unspecified atom stereocenters. The largest absolute Gasteiger partial charge is 0.324 e. The fourth-order valence-corrected chi connectivity index (χ4v) is 13.3. The molecule has 16 nitrogen and oxygen atoms in total. The third-order valence-electron chi connectivity index (χ3n) is 22.1. The van der Waals surface area contributed by atoms with Gasteiger partial charge >= 0.3 is 0 Å². The Morgan fingerprint density at radius 1 is 0.175 bits per heavy atom. The summed E-state index contributed by atoms with van der Waals surface area (Å²) < 4.78 is 16.4. The molecule has 0 radical (unpaired) electrons. The molecule has 0 fully saturated rings. The number of rotatable bonds is 16. The molecule has 120 heavy (non-hydrogen) atoms. The van der Waals surface area contributed by atoms with Gasteiger partial charge in [-0.15, -0.1) is 0 Å². The number of pyridine rings is 8. The van der Waals surface area contributed by atoms with Crippen LogP contribution in [-0.2, 0) is 0 Å². The van der Waals surface area contributed by atoms with Crippen molar-refractivity contribution in [2.45, 2.75) is 316 Å². The molecule has 0 amide bonds. The summed E-state index contributed by atoms with van der Waals surface area (Å²) in [7, 11) is 0. The van der Waals surface area contributed by atoms with Crippen molar-refractivity contribution in [3.8, 4) is 0 Å². The highest BCUT2D eigenvalue weighted by Crippen LogP contribution is 2.29. The topological polar surface area (TPSA) is 138 Å². The molecule has 0 atom stereocenters. The summed E-state index contributed by atoms with van der Waals surface area (Å²) in [6.07, 6.45) is 25.6. The van der Waals surface area contributed by atoms with E-state index in [1.54, 1.807) is 0 Å². The molecule has 0 bridgehead atoms. The minimum Gasteiger partial charge on any atom is -0.324 e. The van der Waals surface area contributed by atoms with E-state index in [2.05, 4.69) is 463 Å². The Labute approximate surface area is 718 Å². The Morgan fingerprint density at radius 2 is 0.517 bits per heavy atom. The summed E-state index contributed by atoms with van der Waals surface area (Å²) >= 11 is 0. The summed E-state index contributed by atoms with van der Waals surface area (Å²) in [5.41, 5.74) is 27.3. The van der Waals surface area contributed by atoms with Gasteiger partial charge < -0.3 is 17.6 Å². The van der Waals surface area contributed by atoms with Crippen LogP contribution in [0.1, 0.15) is 406 Å². The smallest absolute Gasteiger partial charge is 0.155 e. The van der Waals surface area contributed by atoms with Gasteiger partial charge in [0.1, 0.15) is 11.3 Å². The van der Waals surface area contributed by atoms with E-state index in [0.29, 0.717) is 94.7 Å². The number of imidazole rings is 2. The number of fused-ring (bicyclic) bond motifs is 8. The third-order valence-corrected chi connectivity index (χ3v) is 22.1. The van der Waals surface area contributed by atoms with Crippen LogP contribution in [0.5, 0.6) is 0 Å². The zero-order valence-corrected chi connectivity index (χ0v) is 78.9. The van der Waals surface area contributed by atoms with Crippen LogP contribution in [0, 0.1) is 0 Å². The van der Waals surface area contributed by atoms with E-state index < -0.39 is 0 Å². The Morgan fingerprint density at radius 3 is 1.02 bits per heavy atom. The maximum absolute atomic E-state index is 4.62. The van der Waals surface area contributed by atoms with Gasteiger partial charge in [-0.05, 0) is 236 Å². The van der Waals surface area contributed by atoms with Gasteiger partial charge in [0, 0.05) is 97.2 Å². The quantitative estimate of drug-likeness (QED) is 0.0932. The minimum absolute atomic E-state index is 0.382. The van der Waals surface area contributed by atoms with Crippen LogP contribution in [0.25, 0.3) is 44.7 Å². The summed E-state index contributed by atoms with van der Waals surface area (Å²) in [6.45, 7) is 70.1. The van der Waals surface area contributed by atoms with Crippen molar-refractivity contribution in [2.24, 2.45) is 0 Å². The third kappa shape index (κ3) is 24.9. The van der Waals surface area contributed by atoms with Crippen LogP contribution >= 0.6 is 0 Å². The summed E-state index contributed by atoms with van der Waals surface area (Å²) in [5, 5.41) is 18.0. The van der Waals surface area contributed by atoms with E-state index in [4.69, 9.17) is 0 Å². The van der Waals surface area contributed by atoms with Crippen molar-refractivity contribution in [3.05, 3.63) is 286 Å². The number of nitrogens with zero attached hydrogens (tertiary/aromatic N) is 16. The van der Waals surface area contributed by atoms with Gasteiger partial charge in [0.25, 0.3) is 0 Å². The highest BCUT2D eigenvalue weighted by Gasteiger charge is 2.16. The molecule has 16 aromatic heterocycles. The van der Waals surface area contributed by atoms with E-state index in [9.17, 15) is 0 Å². The molecular formula is C104H144N16. The lowest BCUT2D eigenvalue weighted by Crippen LogP contribution is -1.94. The van der Waals surface area contributed by atoms with Crippen molar-refractivity contribution < 1.29 is 0 Å². The van der Waals surface area contributed by atoms with Crippen molar-refractivity contribution in [3.63, 3.8) is 0 Å². The lowest BCUT2D eigenvalue weighted by molar-refractivity contribution is 0.759. The maximum Gasteiger partial charge on any atom is 0.155 e. The van der Waals surface area contributed by atoms with Crippen molar-refractivity contribution in [1.29, 1.82) is 0 Å². The number of aromatic nitrogens is 16. The first kappa shape index (κ1) is 93.4. The summed E-state index contributed by atoms with van der Waals surface area (Å²) in [5.74, 6) is 10.3. The van der Waals surface area contributed by atoms with E-state index in [0.717, 1.165) is 57.0 Å². The molecule has 16 heterocycles. The fourth-order valence-electron chi connectivity index (χ4n) is 13.3. The van der Waals surface area contributed by atoms with Crippen LogP contribution in [0.4, 0.5) is 0 Å². The lowest BCUT2D eigenvalue weighted by atomic mass is 10.0. The van der Waals surface area contributed by atoms with Crippen LogP contribution in [0.15, 0.2) is 196 Å². The SMILES string of the molecule is CC(C)c1ccc2cc(C(C)C)cn2c1.CC(C)c1ccc2cc(C(C)C)nn2c1.CC(C)c1ccc2nc(C(C)C)cn2c1.CC(C)c1ccc2nc(C(C)C)nn2c1.CC(C)c1ccn2cc(C(C)C)cc2c1.CC(C)c1ccn2cc(C(C)C)nc2c1.CC(C)c1ccn2nc(C(C)C)cc2c1.CC(C)c1ccn2nc(C(C)C)nc2c1. The van der Waals surface area contributed by atoms with Crippen molar-refractivity contribution in [1.82, 2.24) is 76.0 Å². The Kier molecular flexibility index (Phi) is 32.4. The molecule has 0 spiro atoms. The minimum atomic E-state index is 0.382. The predicted octanol–water partition coefficient (Wildman–Crippen LogP) is 28.6. The van der Waals surface area contributed by atoms with Gasteiger partial charge in [-0.25, -0.2) is 38.0 Å². The molecule has 0 saturated carbocycles. The van der Waals surface area contributed by atoms with Crippen LogP contribution in [0.3, 0.4) is 0 Å². The van der Waals surface area contributed by atoms with Gasteiger partial charge in [-0.2, -0.15) is 20.4 Å². The van der Waals surface area contributed by atoms with Crippen LogP contribution in [0.2, 0.25) is 0 Å². The van der Waals surface area contributed by atoms with E-state index in [-0.39, 0.29) is 0 Å². The maximum atomic E-state index is 4.62. The molecule has 0 aliphatic carbocycles. The molecule has 16 heteroatoms. The molecule has 640 valence electrons. The zero-order chi connectivity index (χ0) is 88.0. The molecule has 16 rings (SSSR count). The van der Waals surface area contributed by atoms with Crippen LogP contribution < -0.4 is 0 Å². The second kappa shape index (κ2) is 41.7. The predicted molar refractivity (Wildman–Crippen MR) is 507 cm³/mol. The first-order chi connectivity index (χ1) is 56.6. The average Bonchev–Trinajstić information content (AvgIpc) is 1.75. The van der Waals surface area contributed by atoms with Crippen molar-refractivity contribution in [2.75, 3.05) is 0 Å². The van der Waals surface area contributed by atoms with Gasteiger partial charge in [0.15, 0.2) is 22.9 Å². The molecule has 0 N–H and O–H groups in total. The monoisotopic (exact) mass is 1620 g/mol. The summed E-state index contributed by atoms with van der Waals surface area (Å²) in [6, 6.07) is 43.5. The summed E-state index contributed by atoms with van der Waals surface area (Å²) in [4.78, 5) is 18.2. The van der Waals surface area contributed by atoms with Gasteiger partial charge in [0.05, 0.1) is 33.8 Å². The first-order valence-corrected chi connectivity index (χ1v) is 44.5. The molecule has 0 saturated heterocycles. The van der Waals surface area contributed by atoms with E-state index in [1.807, 2.05) is 30.3 Å². The molecule has 16 aromatic rings. The molecular weight excluding hydrogens is 1470 g/mol. The lowest BCUT2D eigenvalue weighted by Gasteiger charge is -2.05. The Balaban J connectivity index is 0.000000156. The van der Waals surface area contributed by atoms with E-state index in [1.165, 1.54) is 77.7 Å².